The summed E-state index contributed by atoms with van der Waals surface area (Å²) in [7, 11) is 0. The summed E-state index contributed by atoms with van der Waals surface area (Å²) >= 11 is 0. The van der Waals surface area contributed by atoms with E-state index in [1.807, 2.05) is 34.6 Å². The minimum atomic E-state index is -0.425. The van der Waals surface area contributed by atoms with Crippen LogP contribution >= 0.6 is 0 Å². The topological polar surface area (TPSA) is 52.6 Å². The highest BCUT2D eigenvalue weighted by Gasteiger charge is 2.24. The van der Waals surface area contributed by atoms with Gasteiger partial charge in [0.15, 0.2) is 0 Å². The second kappa shape index (κ2) is 8.76. The molecule has 0 N–H and O–H groups in total. The maximum absolute atomic E-state index is 12.3. The van der Waals surface area contributed by atoms with Crippen molar-refractivity contribution in [3.8, 4) is 0 Å². The highest BCUT2D eigenvalue weighted by molar-refractivity contribution is 6.02. The molecule has 0 saturated heterocycles. The molecule has 1 aliphatic carbocycles. The van der Waals surface area contributed by atoms with Gasteiger partial charge in [-0.1, -0.05) is 33.3 Å². The van der Waals surface area contributed by atoms with Crippen molar-refractivity contribution in [1.29, 1.82) is 0 Å². The van der Waals surface area contributed by atoms with Gasteiger partial charge in [0.2, 0.25) is 0 Å². The van der Waals surface area contributed by atoms with Crippen LogP contribution in [0.25, 0.3) is 0 Å². The van der Waals surface area contributed by atoms with Crippen LogP contribution in [0.2, 0.25) is 0 Å². The van der Waals surface area contributed by atoms with Crippen LogP contribution in [0.1, 0.15) is 53.9 Å². The summed E-state index contributed by atoms with van der Waals surface area (Å²) in [6.07, 6.45) is 4.05. The number of rotatable bonds is 6. The largest absolute Gasteiger partial charge is 0.462 e. The van der Waals surface area contributed by atoms with Crippen molar-refractivity contribution >= 4 is 11.9 Å². The molecule has 1 rings (SSSR count). The molecule has 22 heavy (non-hydrogen) atoms. The monoisotopic (exact) mass is 308 g/mol. The summed E-state index contributed by atoms with van der Waals surface area (Å²) in [5.74, 6) is -0.289. The second-order valence-corrected chi connectivity index (χ2v) is 6.72. The van der Waals surface area contributed by atoms with E-state index in [1.165, 1.54) is 0 Å². The lowest BCUT2D eigenvalue weighted by Crippen LogP contribution is -2.18. The van der Waals surface area contributed by atoms with Crippen molar-refractivity contribution in [3.63, 3.8) is 0 Å². The first-order valence-electron chi connectivity index (χ1n) is 8.05. The van der Waals surface area contributed by atoms with Gasteiger partial charge in [-0.25, -0.2) is 9.59 Å². The molecular weight excluding hydrogens is 280 g/mol. The van der Waals surface area contributed by atoms with Crippen molar-refractivity contribution in [2.75, 3.05) is 13.2 Å². The maximum atomic E-state index is 12.3. The van der Waals surface area contributed by atoms with Gasteiger partial charge in [-0.3, -0.25) is 0 Å². The van der Waals surface area contributed by atoms with Crippen LogP contribution < -0.4 is 0 Å². The standard InChI is InChI=1S/C18H28O4/c1-12(2)10-21-17(19)15-8-6-7-14(5)9-16(15)18(20)22-11-13(3)4/h9,12-13H,6-8,10-11H2,1-5H3. The van der Waals surface area contributed by atoms with E-state index in [4.69, 9.17) is 9.47 Å². The molecule has 0 atom stereocenters. The highest BCUT2D eigenvalue weighted by atomic mass is 16.5. The number of hydrogen-bond donors (Lipinski definition) is 0. The molecule has 0 aromatic carbocycles. The number of ether oxygens (including phenoxy) is 2. The van der Waals surface area contributed by atoms with Gasteiger partial charge in [-0.15, -0.1) is 0 Å². The van der Waals surface area contributed by atoms with Crippen LogP contribution in [0.5, 0.6) is 0 Å². The lowest BCUT2D eigenvalue weighted by Gasteiger charge is -2.13. The zero-order valence-electron chi connectivity index (χ0n) is 14.4. The molecule has 0 amide bonds. The van der Waals surface area contributed by atoms with Gasteiger partial charge in [0.1, 0.15) is 0 Å². The minimum absolute atomic E-state index is 0.261. The maximum Gasteiger partial charge on any atom is 0.338 e. The van der Waals surface area contributed by atoms with Crippen molar-refractivity contribution in [2.45, 2.75) is 53.9 Å². The van der Waals surface area contributed by atoms with Gasteiger partial charge in [0.25, 0.3) is 0 Å². The zero-order valence-corrected chi connectivity index (χ0v) is 14.4. The normalized spacial score (nSPS) is 15.7. The Morgan fingerprint density at radius 3 is 2.09 bits per heavy atom. The number of carbonyl (C=O) groups excluding carboxylic acids is 2. The Hall–Kier alpha value is -1.58. The van der Waals surface area contributed by atoms with Crippen LogP contribution in [-0.4, -0.2) is 25.2 Å². The zero-order chi connectivity index (χ0) is 16.7. The minimum Gasteiger partial charge on any atom is -0.462 e. The predicted molar refractivity (Wildman–Crippen MR) is 86.2 cm³/mol. The Balaban J connectivity index is 2.98. The molecule has 0 radical (unpaired) electrons. The molecule has 0 heterocycles. The van der Waals surface area contributed by atoms with Gasteiger partial charge in [0, 0.05) is 0 Å². The van der Waals surface area contributed by atoms with Crippen molar-refractivity contribution in [1.82, 2.24) is 0 Å². The van der Waals surface area contributed by atoms with Crippen LogP contribution in [-0.2, 0) is 19.1 Å². The summed E-state index contributed by atoms with van der Waals surface area (Å²) in [4.78, 5) is 24.6. The van der Waals surface area contributed by atoms with Gasteiger partial charge in [-0.2, -0.15) is 0 Å². The summed E-state index contributed by atoms with van der Waals surface area (Å²) in [5.41, 5.74) is 1.90. The first-order valence-corrected chi connectivity index (χ1v) is 8.05. The number of allylic oxidation sites excluding steroid dienone is 1. The van der Waals surface area contributed by atoms with E-state index in [9.17, 15) is 9.59 Å². The third-order valence-electron chi connectivity index (χ3n) is 3.28. The first-order chi connectivity index (χ1) is 10.3. The fraction of sp³-hybridized carbons (Fsp3) is 0.667. The SMILES string of the molecule is CC1=CC(C(=O)OCC(C)C)=C(C(=O)OCC(C)C)CCC1. The van der Waals surface area contributed by atoms with E-state index in [0.717, 1.165) is 18.4 Å². The van der Waals surface area contributed by atoms with Crippen molar-refractivity contribution < 1.29 is 19.1 Å². The van der Waals surface area contributed by atoms with E-state index < -0.39 is 11.9 Å². The smallest absolute Gasteiger partial charge is 0.338 e. The quantitative estimate of drug-likeness (QED) is 0.700. The Bertz CT molecular complexity index is 469. The highest BCUT2D eigenvalue weighted by Crippen LogP contribution is 2.25. The molecule has 4 heteroatoms. The molecular formula is C18H28O4. The van der Waals surface area contributed by atoms with E-state index in [2.05, 4.69) is 0 Å². The van der Waals surface area contributed by atoms with Crippen LogP contribution in [0, 0.1) is 11.8 Å². The van der Waals surface area contributed by atoms with Crippen LogP contribution in [0.15, 0.2) is 22.8 Å². The Morgan fingerprint density at radius 1 is 1.00 bits per heavy atom. The Kier molecular flexibility index (Phi) is 7.36. The van der Waals surface area contributed by atoms with Crippen molar-refractivity contribution in [3.05, 3.63) is 22.8 Å². The average Bonchev–Trinajstić information content (AvgIpc) is 2.63. The van der Waals surface area contributed by atoms with Gasteiger partial charge in [0.05, 0.1) is 24.4 Å². The number of carbonyl (C=O) groups is 2. The number of hydrogen-bond acceptors (Lipinski definition) is 4. The van der Waals surface area contributed by atoms with E-state index >= 15 is 0 Å². The Morgan fingerprint density at radius 2 is 1.55 bits per heavy atom. The molecule has 0 fully saturated rings. The summed E-state index contributed by atoms with van der Waals surface area (Å²) in [6.45, 7) is 10.6. The lowest BCUT2D eigenvalue weighted by molar-refractivity contribution is -0.143. The van der Waals surface area contributed by atoms with Gasteiger partial charge in [-0.05, 0) is 44.1 Å². The lowest BCUT2D eigenvalue weighted by atomic mass is 10.0. The van der Waals surface area contributed by atoms with E-state index in [-0.39, 0.29) is 11.8 Å². The van der Waals surface area contributed by atoms with Gasteiger partial charge >= 0.3 is 11.9 Å². The predicted octanol–water partition coefficient (Wildman–Crippen LogP) is 3.81. The summed E-state index contributed by atoms with van der Waals surface area (Å²) in [5, 5.41) is 0. The molecule has 4 nitrogen and oxygen atoms in total. The van der Waals surface area contributed by atoms with Gasteiger partial charge < -0.3 is 9.47 Å². The first kappa shape index (κ1) is 18.5. The molecule has 1 aliphatic rings. The van der Waals surface area contributed by atoms with Crippen LogP contribution in [0.3, 0.4) is 0 Å². The summed E-state index contributed by atoms with van der Waals surface area (Å²) in [6, 6.07) is 0. The molecule has 0 saturated carbocycles. The number of esters is 2. The van der Waals surface area contributed by atoms with Crippen LogP contribution in [0.4, 0.5) is 0 Å². The molecule has 0 aliphatic heterocycles. The fourth-order valence-corrected chi connectivity index (χ4v) is 2.13. The fourth-order valence-electron chi connectivity index (χ4n) is 2.13. The second-order valence-electron chi connectivity index (χ2n) is 6.72. The summed E-state index contributed by atoms with van der Waals surface area (Å²) < 4.78 is 10.6. The Labute approximate surface area is 133 Å². The molecule has 0 bridgehead atoms. The molecule has 0 aromatic heterocycles. The third kappa shape index (κ3) is 6.04. The van der Waals surface area contributed by atoms with Crippen molar-refractivity contribution in [2.24, 2.45) is 11.8 Å². The van der Waals surface area contributed by atoms with E-state index in [1.54, 1.807) is 6.08 Å². The molecule has 0 spiro atoms. The molecule has 0 aromatic rings. The molecule has 124 valence electrons. The average molecular weight is 308 g/mol. The van der Waals surface area contributed by atoms with E-state index in [0.29, 0.717) is 30.8 Å². The molecule has 0 unspecified atom stereocenters. The third-order valence-corrected chi connectivity index (χ3v) is 3.28.